The van der Waals surface area contributed by atoms with Crippen molar-refractivity contribution in [2.75, 3.05) is 5.32 Å². The van der Waals surface area contributed by atoms with Crippen LogP contribution in [0.1, 0.15) is 23.8 Å². The minimum atomic E-state index is -0.884. The van der Waals surface area contributed by atoms with Gasteiger partial charge in [0.15, 0.2) is 0 Å². The highest BCUT2D eigenvalue weighted by Crippen LogP contribution is 2.15. The van der Waals surface area contributed by atoms with Crippen molar-refractivity contribution < 1.29 is 13.6 Å². The number of carbonyl (C=O) groups is 1. The van der Waals surface area contributed by atoms with Crippen LogP contribution < -0.4 is 10.9 Å². The van der Waals surface area contributed by atoms with E-state index < -0.39 is 17.5 Å². The summed E-state index contributed by atoms with van der Waals surface area (Å²) in [6.07, 6.45) is 0.685. The van der Waals surface area contributed by atoms with Gasteiger partial charge in [-0.05, 0) is 24.6 Å². The summed E-state index contributed by atoms with van der Waals surface area (Å²) in [4.78, 5) is 23.5. The molecule has 0 atom stereocenters. The molecule has 21 heavy (non-hydrogen) atoms. The Balaban J connectivity index is 2.24. The molecule has 0 unspecified atom stereocenters. The highest BCUT2D eigenvalue weighted by Gasteiger charge is 2.12. The average Bonchev–Trinajstić information content (AvgIpc) is 2.44. The van der Waals surface area contributed by atoms with E-state index in [1.54, 1.807) is 0 Å². The Hall–Kier alpha value is -2.57. The molecule has 1 heterocycles. The maximum absolute atomic E-state index is 13.5. The second kappa shape index (κ2) is 6.25. The summed E-state index contributed by atoms with van der Waals surface area (Å²) in [6.45, 7) is 2.25. The predicted molar refractivity (Wildman–Crippen MR) is 73.1 cm³/mol. The van der Waals surface area contributed by atoms with Crippen LogP contribution in [0.5, 0.6) is 0 Å². The lowest BCUT2D eigenvalue weighted by atomic mass is 10.2. The number of benzene rings is 1. The van der Waals surface area contributed by atoms with Gasteiger partial charge in [0.2, 0.25) is 0 Å². The van der Waals surface area contributed by atoms with Gasteiger partial charge in [-0.25, -0.2) is 13.5 Å². The van der Waals surface area contributed by atoms with E-state index in [1.807, 2.05) is 6.92 Å². The number of anilines is 1. The lowest BCUT2D eigenvalue weighted by Gasteiger charge is -2.07. The predicted octanol–water partition coefficient (Wildman–Crippen LogP) is 2.18. The van der Waals surface area contributed by atoms with E-state index >= 15 is 0 Å². The molecule has 2 rings (SSSR count). The van der Waals surface area contributed by atoms with Gasteiger partial charge < -0.3 is 5.32 Å². The molecular formula is C14H13F2N3O2. The molecule has 110 valence electrons. The van der Waals surface area contributed by atoms with Crippen LogP contribution in [0.25, 0.3) is 0 Å². The molecular weight excluding hydrogens is 280 g/mol. The SMILES string of the molecule is CCCn1nc(C(=O)Nc2ccc(F)cc2F)ccc1=O. The molecule has 0 saturated heterocycles. The second-order valence-electron chi connectivity index (χ2n) is 4.36. The average molecular weight is 293 g/mol. The Kier molecular flexibility index (Phi) is 4.42. The van der Waals surface area contributed by atoms with Gasteiger partial charge in [0, 0.05) is 18.7 Å². The van der Waals surface area contributed by atoms with Crippen molar-refractivity contribution in [2.45, 2.75) is 19.9 Å². The Morgan fingerprint density at radius 3 is 2.71 bits per heavy atom. The third-order valence-corrected chi connectivity index (χ3v) is 2.71. The van der Waals surface area contributed by atoms with E-state index in [4.69, 9.17) is 0 Å². The van der Waals surface area contributed by atoms with Gasteiger partial charge >= 0.3 is 0 Å². The van der Waals surface area contributed by atoms with Crippen molar-refractivity contribution in [1.82, 2.24) is 9.78 Å². The van der Waals surface area contributed by atoms with Crippen LogP contribution in [0.15, 0.2) is 35.1 Å². The third kappa shape index (κ3) is 3.50. The zero-order chi connectivity index (χ0) is 15.4. The number of amides is 1. The molecule has 0 aliphatic rings. The fourth-order valence-electron chi connectivity index (χ4n) is 1.72. The first-order chi connectivity index (χ1) is 10.0. The van der Waals surface area contributed by atoms with E-state index in [9.17, 15) is 18.4 Å². The van der Waals surface area contributed by atoms with Crippen LogP contribution in [0.2, 0.25) is 0 Å². The lowest BCUT2D eigenvalue weighted by molar-refractivity contribution is 0.101. The van der Waals surface area contributed by atoms with Crippen molar-refractivity contribution in [3.05, 3.63) is 58.0 Å². The topological polar surface area (TPSA) is 64.0 Å². The Labute approximate surface area is 119 Å². The molecule has 1 aromatic heterocycles. The van der Waals surface area contributed by atoms with Gasteiger partial charge in [-0.1, -0.05) is 6.92 Å². The molecule has 2 aromatic rings. The molecule has 0 fully saturated rings. The number of aryl methyl sites for hydroxylation is 1. The van der Waals surface area contributed by atoms with Gasteiger partial charge in [0.05, 0.1) is 5.69 Å². The standard InChI is InChI=1S/C14H13F2N3O2/c1-2-7-19-13(20)6-5-12(18-19)14(21)17-11-4-3-9(15)8-10(11)16/h3-6,8H,2,7H2,1H3,(H,17,21). The first-order valence-electron chi connectivity index (χ1n) is 6.36. The summed E-state index contributed by atoms with van der Waals surface area (Å²) in [5.74, 6) is -2.30. The first kappa shape index (κ1) is 14.8. The van der Waals surface area contributed by atoms with E-state index in [-0.39, 0.29) is 16.9 Å². The van der Waals surface area contributed by atoms with E-state index in [0.717, 1.165) is 16.8 Å². The molecule has 0 aliphatic carbocycles. The summed E-state index contributed by atoms with van der Waals surface area (Å²) in [7, 11) is 0. The van der Waals surface area contributed by atoms with Gasteiger partial charge in [0.25, 0.3) is 11.5 Å². The zero-order valence-electron chi connectivity index (χ0n) is 11.3. The smallest absolute Gasteiger partial charge is 0.276 e. The number of aromatic nitrogens is 2. The van der Waals surface area contributed by atoms with E-state index in [1.165, 1.54) is 12.1 Å². The lowest BCUT2D eigenvalue weighted by Crippen LogP contribution is -2.26. The molecule has 1 amide bonds. The minimum absolute atomic E-state index is 0.0215. The number of nitrogens with zero attached hydrogens (tertiary/aromatic N) is 2. The minimum Gasteiger partial charge on any atom is -0.318 e. The second-order valence-corrected chi connectivity index (χ2v) is 4.36. The normalized spacial score (nSPS) is 10.4. The first-order valence-corrected chi connectivity index (χ1v) is 6.36. The van der Waals surface area contributed by atoms with Crippen LogP contribution in [-0.2, 0) is 6.54 Å². The zero-order valence-corrected chi connectivity index (χ0v) is 11.3. The number of hydrogen-bond acceptors (Lipinski definition) is 3. The van der Waals surface area contributed by atoms with Crippen LogP contribution in [0.3, 0.4) is 0 Å². The fourth-order valence-corrected chi connectivity index (χ4v) is 1.72. The van der Waals surface area contributed by atoms with Gasteiger partial charge in [0.1, 0.15) is 17.3 Å². The van der Waals surface area contributed by atoms with Crippen LogP contribution in [0, 0.1) is 11.6 Å². The fraction of sp³-hybridized carbons (Fsp3) is 0.214. The van der Waals surface area contributed by atoms with Gasteiger partial charge in [-0.2, -0.15) is 5.10 Å². The molecule has 0 saturated carbocycles. The summed E-state index contributed by atoms with van der Waals surface area (Å²) < 4.78 is 27.4. The highest BCUT2D eigenvalue weighted by molar-refractivity contribution is 6.02. The number of carbonyl (C=O) groups excluding carboxylic acids is 1. The maximum Gasteiger partial charge on any atom is 0.276 e. The molecule has 0 radical (unpaired) electrons. The van der Waals surface area contributed by atoms with E-state index in [2.05, 4.69) is 10.4 Å². The number of halogens is 2. The maximum atomic E-state index is 13.5. The molecule has 0 spiro atoms. The number of hydrogen-bond donors (Lipinski definition) is 1. The van der Waals surface area contributed by atoms with Crippen molar-refractivity contribution in [3.63, 3.8) is 0 Å². The number of nitrogens with one attached hydrogen (secondary N) is 1. The van der Waals surface area contributed by atoms with Crippen molar-refractivity contribution >= 4 is 11.6 Å². The quantitative estimate of drug-likeness (QED) is 0.939. The van der Waals surface area contributed by atoms with Crippen LogP contribution >= 0.6 is 0 Å². The van der Waals surface area contributed by atoms with E-state index in [0.29, 0.717) is 19.0 Å². The van der Waals surface area contributed by atoms with Crippen LogP contribution in [-0.4, -0.2) is 15.7 Å². The molecule has 7 heteroatoms. The monoisotopic (exact) mass is 293 g/mol. The summed E-state index contributed by atoms with van der Waals surface area (Å²) in [5.41, 5.74) is -0.496. The van der Waals surface area contributed by atoms with Crippen molar-refractivity contribution in [1.29, 1.82) is 0 Å². The van der Waals surface area contributed by atoms with Crippen molar-refractivity contribution in [2.24, 2.45) is 0 Å². The van der Waals surface area contributed by atoms with Crippen molar-refractivity contribution in [3.8, 4) is 0 Å². The molecule has 1 N–H and O–H groups in total. The summed E-state index contributed by atoms with van der Waals surface area (Å²) >= 11 is 0. The van der Waals surface area contributed by atoms with Gasteiger partial charge in [-0.3, -0.25) is 9.59 Å². The summed E-state index contributed by atoms with van der Waals surface area (Å²) in [5, 5.41) is 6.18. The Bertz CT molecular complexity index is 728. The molecule has 0 bridgehead atoms. The highest BCUT2D eigenvalue weighted by atomic mass is 19.1. The third-order valence-electron chi connectivity index (χ3n) is 2.71. The molecule has 1 aromatic carbocycles. The Morgan fingerprint density at radius 2 is 2.05 bits per heavy atom. The Morgan fingerprint density at radius 1 is 1.29 bits per heavy atom. The van der Waals surface area contributed by atoms with Crippen LogP contribution in [0.4, 0.5) is 14.5 Å². The molecule has 5 nitrogen and oxygen atoms in total. The number of rotatable bonds is 4. The van der Waals surface area contributed by atoms with Gasteiger partial charge in [-0.15, -0.1) is 0 Å². The molecule has 0 aliphatic heterocycles. The summed E-state index contributed by atoms with van der Waals surface area (Å²) in [6, 6.07) is 5.29. The largest absolute Gasteiger partial charge is 0.318 e.